The SMILES string of the molecule is COc1ccc(C2=NO[C@H]3C(=O)N(c4ccc([N+](=O)[O-])cc4C)C(=O)[C@H]23)c(OC)c1. The molecule has 30 heavy (non-hydrogen) atoms. The summed E-state index contributed by atoms with van der Waals surface area (Å²) in [5.41, 5.74) is 1.35. The predicted octanol–water partition coefficient (Wildman–Crippen LogP) is 2.21. The summed E-state index contributed by atoms with van der Waals surface area (Å²) in [6.45, 7) is 1.60. The van der Waals surface area contributed by atoms with Gasteiger partial charge >= 0.3 is 0 Å². The van der Waals surface area contributed by atoms with Crippen LogP contribution in [0.4, 0.5) is 11.4 Å². The predicted molar refractivity (Wildman–Crippen MR) is 105 cm³/mol. The molecule has 0 bridgehead atoms. The Bertz CT molecular complexity index is 1110. The van der Waals surface area contributed by atoms with Gasteiger partial charge in [0.15, 0.2) is 0 Å². The molecule has 2 aromatic rings. The summed E-state index contributed by atoms with van der Waals surface area (Å²) in [6, 6.07) is 8.96. The van der Waals surface area contributed by atoms with Gasteiger partial charge < -0.3 is 14.3 Å². The number of nitro groups is 1. The van der Waals surface area contributed by atoms with Gasteiger partial charge in [0, 0.05) is 23.8 Å². The third-order valence-electron chi connectivity index (χ3n) is 5.13. The lowest BCUT2D eigenvalue weighted by atomic mass is 9.93. The molecule has 2 aliphatic rings. The molecule has 154 valence electrons. The second kappa shape index (κ2) is 7.14. The summed E-state index contributed by atoms with van der Waals surface area (Å²) in [6.07, 6.45) is -1.10. The molecular weight excluding hydrogens is 394 g/mol. The third-order valence-corrected chi connectivity index (χ3v) is 5.13. The molecule has 10 heteroatoms. The number of rotatable bonds is 5. The molecular formula is C20H17N3O7. The Morgan fingerprint density at radius 3 is 2.50 bits per heavy atom. The lowest BCUT2D eigenvalue weighted by Crippen LogP contribution is -2.33. The van der Waals surface area contributed by atoms with Crippen LogP contribution in [0.2, 0.25) is 0 Å². The molecule has 0 radical (unpaired) electrons. The quantitative estimate of drug-likeness (QED) is 0.420. The number of imide groups is 1. The smallest absolute Gasteiger partial charge is 0.278 e. The van der Waals surface area contributed by atoms with Gasteiger partial charge in [-0.05, 0) is 30.7 Å². The van der Waals surface area contributed by atoms with Crippen LogP contribution in [0.25, 0.3) is 0 Å². The number of benzene rings is 2. The van der Waals surface area contributed by atoms with Crippen molar-refractivity contribution in [2.45, 2.75) is 13.0 Å². The van der Waals surface area contributed by atoms with Crippen molar-refractivity contribution in [3.05, 3.63) is 57.6 Å². The van der Waals surface area contributed by atoms with E-state index in [0.717, 1.165) is 4.90 Å². The topological polar surface area (TPSA) is 121 Å². The fraction of sp³-hybridized carbons (Fsp3) is 0.250. The van der Waals surface area contributed by atoms with Crippen LogP contribution >= 0.6 is 0 Å². The summed E-state index contributed by atoms with van der Waals surface area (Å²) in [4.78, 5) is 42.9. The number of carbonyl (C=O) groups is 2. The van der Waals surface area contributed by atoms with Gasteiger partial charge in [-0.3, -0.25) is 19.7 Å². The van der Waals surface area contributed by atoms with Crippen molar-refractivity contribution in [1.82, 2.24) is 0 Å². The third kappa shape index (κ3) is 2.84. The van der Waals surface area contributed by atoms with Crippen LogP contribution in [0.15, 0.2) is 41.6 Å². The summed E-state index contributed by atoms with van der Waals surface area (Å²) in [5, 5.41) is 15.0. The highest BCUT2D eigenvalue weighted by Crippen LogP contribution is 2.39. The van der Waals surface area contributed by atoms with Crippen molar-refractivity contribution < 1.29 is 28.8 Å². The maximum Gasteiger partial charge on any atom is 0.278 e. The molecule has 0 aliphatic carbocycles. The average molecular weight is 411 g/mol. The van der Waals surface area contributed by atoms with Crippen molar-refractivity contribution in [1.29, 1.82) is 0 Å². The first-order valence-electron chi connectivity index (χ1n) is 8.96. The number of nitro benzene ring substituents is 1. The van der Waals surface area contributed by atoms with E-state index in [9.17, 15) is 19.7 Å². The molecule has 0 N–H and O–H groups in total. The van der Waals surface area contributed by atoms with Gasteiger partial charge in [0.1, 0.15) is 23.1 Å². The van der Waals surface area contributed by atoms with E-state index >= 15 is 0 Å². The Kier molecular flexibility index (Phi) is 4.61. The molecule has 0 unspecified atom stereocenters. The van der Waals surface area contributed by atoms with Gasteiger partial charge in [-0.15, -0.1) is 0 Å². The molecule has 0 aromatic heterocycles. The van der Waals surface area contributed by atoms with E-state index in [1.165, 1.54) is 32.4 Å². The van der Waals surface area contributed by atoms with Crippen molar-refractivity contribution in [2.75, 3.05) is 19.1 Å². The minimum Gasteiger partial charge on any atom is -0.497 e. The van der Waals surface area contributed by atoms with Crippen LogP contribution in [-0.4, -0.2) is 42.8 Å². The lowest BCUT2D eigenvalue weighted by molar-refractivity contribution is -0.384. The summed E-state index contributed by atoms with van der Waals surface area (Å²) in [7, 11) is 2.99. The van der Waals surface area contributed by atoms with Crippen molar-refractivity contribution in [2.24, 2.45) is 11.1 Å². The summed E-state index contributed by atoms with van der Waals surface area (Å²) in [5.74, 6) is -1.06. The number of ether oxygens (including phenoxy) is 2. The van der Waals surface area contributed by atoms with Gasteiger partial charge in [0.2, 0.25) is 12.0 Å². The largest absolute Gasteiger partial charge is 0.497 e. The van der Waals surface area contributed by atoms with E-state index in [4.69, 9.17) is 14.3 Å². The van der Waals surface area contributed by atoms with Crippen LogP contribution in [0.1, 0.15) is 11.1 Å². The number of non-ortho nitro benzene ring substituents is 1. The Balaban J connectivity index is 1.71. The lowest BCUT2D eigenvalue weighted by Gasteiger charge is -2.18. The molecule has 2 aromatic carbocycles. The summed E-state index contributed by atoms with van der Waals surface area (Å²) < 4.78 is 10.6. The molecule has 4 rings (SSSR count). The first-order valence-corrected chi connectivity index (χ1v) is 8.96. The number of amides is 2. The molecule has 1 saturated heterocycles. The molecule has 10 nitrogen and oxygen atoms in total. The van der Waals surface area contributed by atoms with Gasteiger partial charge in [-0.1, -0.05) is 5.16 Å². The highest BCUT2D eigenvalue weighted by molar-refractivity contribution is 6.33. The normalized spacial score (nSPS) is 20.0. The second-order valence-corrected chi connectivity index (χ2v) is 6.79. The van der Waals surface area contributed by atoms with E-state index in [0.29, 0.717) is 22.6 Å². The van der Waals surface area contributed by atoms with Gasteiger partial charge in [0.25, 0.3) is 11.6 Å². The van der Waals surface area contributed by atoms with E-state index < -0.39 is 28.8 Å². The standard InChI is InChI=1S/C20H17N3O7/c1-10-8-11(23(26)27)4-7-14(10)22-19(24)16-17(21-30-18(16)20(22)25)13-6-5-12(28-2)9-15(13)29-3/h4-9,16,18H,1-3H3/t16-,18-/m1/s1. The number of anilines is 1. The minimum atomic E-state index is -1.10. The van der Waals surface area contributed by atoms with Crippen LogP contribution < -0.4 is 14.4 Å². The Morgan fingerprint density at radius 2 is 1.87 bits per heavy atom. The number of aryl methyl sites for hydroxylation is 1. The Hall–Kier alpha value is -3.95. The average Bonchev–Trinajstić information content (AvgIpc) is 3.28. The highest BCUT2D eigenvalue weighted by Gasteiger charge is 2.56. The number of hydrogen-bond donors (Lipinski definition) is 0. The maximum atomic E-state index is 13.2. The zero-order valence-corrected chi connectivity index (χ0v) is 16.3. The molecule has 2 amide bonds. The first-order chi connectivity index (χ1) is 14.4. The number of methoxy groups -OCH3 is 2. The first kappa shape index (κ1) is 19.4. The molecule has 1 fully saturated rings. The fourth-order valence-corrected chi connectivity index (χ4v) is 3.65. The molecule has 0 saturated carbocycles. The van der Waals surface area contributed by atoms with Gasteiger partial charge in [0.05, 0.1) is 24.8 Å². The number of nitrogens with zero attached hydrogens (tertiary/aromatic N) is 3. The monoisotopic (exact) mass is 411 g/mol. The number of fused-ring (bicyclic) bond motifs is 1. The zero-order chi connectivity index (χ0) is 21.6. The number of hydrogen-bond acceptors (Lipinski definition) is 8. The molecule has 2 heterocycles. The maximum absolute atomic E-state index is 13.2. The van der Waals surface area contributed by atoms with E-state index in [-0.39, 0.29) is 17.1 Å². The van der Waals surface area contributed by atoms with Crippen molar-refractivity contribution in [3.63, 3.8) is 0 Å². The Morgan fingerprint density at radius 1 is 1.10 bits per heavy atom. The minimum absolute atomic E-state index is 0.128. The molecule has 0 spiro atoms. The van der Waals surface area contributed by atoms with Crippen LogP contribution in [0.5, 0.6) is 11.5 Å². The Labute approximate surface area is 170 Å². The van der Waals surface area contributed by atoms with Gasteiger partial charge in [-0.2, -0.15) is 0 Å². The van der Waals surface area contributed by atoms with E-state index in [1.807, 2.05) is 0 Å². The summed E-state index contributed by atoms with van der Waals surface area (Å²) >= 11 is 0. The number of oxime groups is 1. The van der Waals surface area contributed by atoms with E-state index in [2.05, 4.69) is 5.16 Å². The van der Waals surface area contributed by atoms with Crippen molar-refractivity contribution in [3.8, 4) is 11.5 Å². The van der Waals surface area contributed by atoms with Crippen LogP contribution in [0, 0.1) is 23.0 Å². The number of carbonyl (C=O) groups excluding carboxylic acids is 2. The van der Waals surface area contributed by atoms with Gasteiger partial charge in [-0.25, -0.2) is 4.90 Å². The second-order valence-electron chi connectivity index (χ2n) is 6.79. The molecule has 2 aliphatic heterocycles. The van der Waals surface area contributed by atoms with Crippen molar-refractivity contribution >= 4 is 28.9 Å². The zero-order valence-electron chi connectivity index (χ0n) is 16.3. The van der Waals surface area contributed by atoms with E-state index in [1.54, 1.807) is 25.1 Å². The molecule has 2 atom stereocenters. The van der Waals surface area contributed by atoms with Crippen LogP contribution in [-0.2, 0) is 14.4 Å². The van der Waals surface area contributed by atoms with Crippen LogP contribution in [0.3, 0.4) is 0 Å². The fourth-order valence-electron chi connectivity index (χ4n) is 3.65. The highest BCUT2D eigenvalue weighted by atomic mass is 16.7.